The summed E-state index contributed by atoms with van der Waals surface area (Å²) in [6.45, 7) is 7.82. The largest absolute Gasteiger partial charge is 0.383 e. The van der Waals surface area contributed by atoms with Gasteiger partial charge in [-0.3, -0.25) is 0 Å². The van der Waals surface area contributed by atoms with Crippen molar-refractivity contribution in [1.29, 1.82) is 0 Å². The molecular formula is C11H18N6. The third-order valence-electron chi connectivity index (χ3n) is 2.70. The minimum atomic E-state index is 0.237. The number of hydrogen-bond acceptors (Lipinski definition) is 5. The molecule has 0 bridgehead atoms. The van der Waals surface area contributed by atoms with Crippen molar-refractivity contribution in [2.24, 2.45) is 0 Å². The summed E-state index contributed by atoms with van der Waals surface area (Å²) in [5.74, 6) is 1.17. The maximum Gasteiger partial charge on any atom is 0.163 e. The number of hydrogen-bond donors (Lipinski definition) is 2. The molecule has 92 valence electrons. The molecule has 6 heteroatoms. The van der Waals surface area contributed by atoms with Crippen molar-refractivity contribution < 1.29 is 0 Å². The van der Waals surface area contributed by atoms with Crippen LogP contribution >= 0.6 is 0 Å². The van der Waals surface area contributed by atoms with Crippen LogP contribution in [0.2, 0.25) is 0 Å². The highest BCUT2D eigenvalue weighted by Crippen LogP contribution is 2.19. The van der Waals surface area contributed by atoms with E-state index in [9.17, 15) is 0 Å². The van der Waals surface area contributed by atoms with Crippen LogP contribution in [0.4, 0.5) is 5.82 Å². The van der Waals surface area contributed by atoms with Gasteiger partial charge in [0.2, 0.25) is 0 Å². The monoisotopic (exact) mass is 234 g/mol. The fourth-order valence-electron chi connectivity index (χ4n) is 1.82. The van der Waals surface area contributed by atoms with Gasteiger partial charge in [-0.2, -0.15) is 5.10 Å². The predicted molar refractivity (Wildman–Crippen MR) is 67.7 cm³/mol. The zero-order chi connectivity index (χ0) is 12.4. The molecule has 2 heterocycles. The fourth-order valence-corrected chi connectivity index (χ4v) is 1.82. The Labute approximate surface area is 100 Å². The maximum absolute atomic E-state index is 5.85. The molecule has 0 saturated heterocycles. The normalized spacial score (nSPS) is 13.1. The highest BCUT2D eigenvalue weighted by molar-refractivity contribution is 5.85. The SMILES string of the molecule is CCNCC(C)n1ncc2c(N)nc(C)nc21. The molecule has 0 spiro atoms. The number of nitrogens with one attached hydrogen (secondary N) is 1. The van der Waals surface area contributed by atoms with Gasteiger partial charge in [0.05, 0.1) is 17.6 Å². The van der Waals surface area contributed by atoms with Gasteiger partial charge in [-0.1, -0.05) is 6.92 Å². The standard InChI is InChI=1S/C11H18N6/c1-4-13-5-7(2)17-11-9(6-14-17)10(12)15-8(3)16-11/h6-7,13H,4-5H2,1-3H3,(H2,12,15,16). The highest BCUT2D eigenvalue weighted by Gasteiger charge is 2.13. The van der Waals surface area contributed by atoms with Crippen molar-refractivity contribution in [3.63, 3.8) is 0 Å². The smallest absolute Gasteiger partial charge is 0.163 e. The van der Waals surface area contributed by atoms with Gasteiger partial charge < -0.3 is 11.1 Å². The van der Waals surface area contributed by atoms with E-state index >= 15 is 0 Å². The van der Waals surface area contributed by atoms with E-state index < -0.39 is 0 Å². The number of fused-ring (bicyclic) bond motifs is 1. The van der Waals surface area contributed by atoms with E-state index in [0.29, 0.717) is 11.6 Å². The van der Waals surface area contributed by atoms with Crippen molar-refractivity contribution in [3.05, 3.63) is 12.0 Å². The molecule has 0 aliphatic heterocycles. The number of nitrogens with two attached hydrogens (primary N) is 1. The Bertz CT molecular complexity index is 518. The Hall–Kier alpha value is -1.69. The summed E-state index contributed by atoms with van der Waals surface area (Å²) in [6.07, 6.45) is 1.73. The molecule has 2 rings (SSSR count). The Kier molecular flexibility index (Phi) is 3.23. The van der Waals surface area contributed by atoms with Gasteiger partial charge >= 0.3 is 0 Å². The zero-order valence-electron chi connectivity index (χ0n) is 10.4. The average molecular weight is 234 g/mol. The fraction of sp³-hybridized carbons (Fsp3) is 0.545. The molecule has 17 heavy (non-hydrogen) atoms. The molecule has 1 unspecified atom stereocenters. The van der Waals surface area contributed by atoms with Gasteiger partial charge in [-0.15, -0.1) is 0 Å². The van der Waals surface area contributed by atoms with E-state index in [1.165, 1.54) is 0 Å². The minimum Gasteiger partial charge on any atom is -0.383 e. The lowest BCUT2D eigenvalue weighted by Crippen LogP contribution is -2.24. The van der Waals surface area contributed by atoms with E-state index in [4.69, 9.17) is 5.73 Å². The van der Waals surface area contributed by atoms with E-state index in [2.05, 4.69) is 34.2 Å². The Morgan fingerprint density at radius 2 is 2.24 bits per heavy atom. The summed E-state index contributed by atoms with van der Waals surface area (Å²) >= 11 is 0. The van der Waals surface area contributed by atoms with Crippen molar-refractivity contribution in [2.75, 3.05) is 18.8 Å². The summed E-state index contributed by atoms with van der Waals surface area (Å²) in [5, 5.41) is 8.46. The first-order valence-corrected chi connectivity index (χ1v) is 5.81. The first kappa shape index (κ1) is 11.8. The molecule has 0 amide bonds. The molecule has 1 atom stereocenters. The number of nitrogens with zero attached hydrogens (tertiary/aromatic N) is 4. The van der Waals surface area contributed by atoms with Gasteiger partial charge in [0, 0.05) is 6.54 Å². The van der Waals surface area contributed by atoms with Crippen molar-refractivity contribution >= 4 is 16.9 Å². The van der Waals surface area contributed by atoms with Crippen LogP contribution < -0.4 is 11.1 Å². The summed E-state index contributed by atoms with van der Waals surface area (Å²) in [4.78, 5) is 8.54. The lowest BCUT2D eigenvalue weighted by atomic mass is 10.3. The number of nitrogen functional groups attached to an aromatic ring is 1. The van der Waals surface area contributed by atoms with Crippen LogP contribution in [-0.2, 0) is 0 Å². The van der Waals surface area contributed by atoms with Crippen molar-refractivity contribution in [1.82, 2.24) is 25.1 Å². The zero-order valence-corrected chi connectivity index (χ0v) is 10.4. The Balaban J connectivity index is 2.41. The summed E-state index contributed by atoms with van der Waals surface area (Å²) in [5.41, 5.74) is 6.66. The van der Waals surface area contributed by atoms with Crippen molar-refractivity contribution in [2.45, 2.75) is 26.8 Å². The molecule has 3 N–H and O–H groups in total. The third kappa shape index (κ3) is 2.21. The number of rotatable bonds is 4. The van der Waals surface area contributed by atoms with Crippen LogP contribution in [0.1, 0.15) is 25.7 Å². The lowest BCUT2D eigenvalue weighted by molar-refractivity contribution is 0.469. The summed E-state index contributed by atoms with van der Waals surface area (Å²) in [6, 6.07) is 0.237. The molecule has 0 fully saturated rings. The molecule has 2 aromatic heterocycles. The van der Waals surface area contributed by atoms with E-state index in [1.807, 2.05) is 11.6 Å². The first-order chi connectivity index (χ1) is 8.13. The van der Waals surface area contributed by atoms with E-state index in [1.54, 1.807) is 6.20 Å². The number of likely N-dealkylation sites (N-methyl/N-ethyl adjacent to an activating group) is 1. The van der Waals surface area contributed by atoms with Gasteiger partial charge in [0.25, 0.3) is 0 Å². The van der Waals surface area contributed by atoms with Crippen LogP contribution in [0.3, 0.4) is 0 Å². The molecular weight excluding hydrogens is 216 g/mol. The van der Waals surface area contributed by atoms with Gasteiger partial charge in [0.15, 0.2) is 5.65 Å². The first-order valence-electron chi connectivity index (χ1n) is 5.81. The second-order valence-corrected chi connectivity index (χ2v) is 4.14. The summed E-state index contributed by atoms with van der Waals surface area (Å²) < 4.78 is 1.89. The quantitative estimate of drug-likeness (QED) is 0.821. The van der Waals surface area contributed by atoms with Crippen LogP contribution in [0.15, 0.2) is 6.20 Å². The Morgan fingerprint density at radius 1 is 1.47 bits per heavy atom. The van der Waals surface area contributed by atoms with Crippen LogP contribution in [0, 0.1) is 6.92 Å². The van der Waals surface area contributed by atoms with Crippen LogP contribution in [0.5, 0.6) is 0 Å². The maximum atomic E-state index is 5.85. The van der Waals surface area contributed by atoms with Crippen molar-refractivity contribution in [3.8, 4) is 0 Å². The molecule has 0 aliphatic carbocycles. The van der Waals surface area contributed by atoms with E-state index in [0.717, 1.165) is 24.1 Å². The van der Waals surface area contributed by atoms with Gasteiger partial charge in [-0.25, -0.2) is 14.6 Å². The minimum absolute atomic E-state index is 0.237. The van der Waals surface area contributed by atoms with Crippen LogP contribution in [-0.4, -0.2) is 32.8 Å². The third-order valence-corrected chi connectivity index (χ3v) is 2.70. The van der Waals surface area contributed by atoms with Crippen LogP contribution in [0.25, 0.3) is 11.0 Å². The molecule has 0 radical (unpaired) electrons. The molecule has 0 saturated carbocycles. The second-order valence-electron chi connectivity index (χ2n) is 4.14. The topological polar surface area (TPSA) is 81.7 Å². The highest BCUT2D eigenvalue weighted by atomic mass is 15.3. The number of anilines is 1. The lowest BCUT2D eigenvalue weighted by Gasteiger charge is -2.13. The summed E-state index contributed by atoms with van der Waals surface area (Å²) in [7, 11) is 0. The Morgan fingerprint density at radius 3 is 2.94 bits per heavy atom. The molecule has 6 nitrogen and oxygen atoms in total. The predicted octanol–water partition coefficient (Wildman–Crippen LogP) is 0.887. The van der Waals surface area contributed by atoms with Gasteiger partial charge in [0.1, 0.15) is 11.6 Å². The second kappa shape index (κ2) is 4.67. The number of aromatic nitrogens is 4. The average Bonchev–Trinajstić information content (AvgIpc) is 2.69. The van der Waals surface area contributed by atoms with E-state index in [-0.39, 0.29) is 6.04 Å². The van der Waals surface area contributed by atoms with Gasteiger partial charge in [-0.05, 0) is 20.4 Å². The molecule has 0 aliphatic rings. The molecule has 2 aromatic rings. The number of aryl methyl sites for hydroxylation is 1. The molecule has 0 aromatic carbocycles.